The zero-order valence-corrected chi connectivity index (χ0v) is 10.5. The van der Waals surface area contributed by atoms with E-state index in [2.05, 4.69) is 25.1 Å². The minimum Gasteiger partial charge on any atom is -0.398 e. The molecule has 2 aromatic carbocycles. The number of benzene rings is 2. The lowest BCUT2D eigenvalue weighted by atomic mass is 10.2. The third-order valence-corrected chi connectivity index (χ3v) is 3.78. The van der Waals surface area contributed by atoms with Crippen LogP contribution in [0.4, 0.5) is 5.69 Å². The molecule has 0 atom stereocenters. The zero-order valence-electron chi connectivity index (χ0n) is 8.91. The maximum atomic E-state index is 6.12. The smallest absolute Gasteiger partial charge is 0.0566 e. The highest BCUT2D eigenvalue weighted by molar-refractivity contribution is 7.99. The van der Waals surface area contributed by atoms with Crippen molar-refractivity contribution in [3.8, 4) is 0 Å². The first kappa shape index (κ1) is 11.4. The lowest BCUT2D eigenvalue weighted by molar-refractivity contribution is 1.35. The van der Waals surface area contributed by atoms with E-state index in [9.17, 15) is 0 Å². The predicted molar refractivity (Wildman–Crippen MR) is 71.2 cm³/mol. The highest BCUT2D eigenvalue weighted by Crippen LogP contribution is 2.37. The number of hydrogen-bond donors (Lipinski definition) is 1. The van der Waals surface area contributed by atoms with E-state index in [-0.39, 0.29) is 0 Å². The summed E-state index contributed by atoms with van der Waals surface area (Å²) in [5.41, 5.74) is 7.86. The Balaban J connectivity index is 2.34. The maximum Gasteiger partial charge on any atom is 0.0566 e. The first-order valence-corrected chi connectivity index (χ1v) is 6.15. The van der Waals surface area contributed by atoms with E-state index in [1.54, 1.807) is 11.8 Å². The quantitative estimate of drug-likeness (QED) is 0.800. The van der Waals surface area contributed by atoms with Crippen LogP contribution in [0.25, 0.3) is 0 Å². The molecule has 2 N–H and O–H groups in total. The molecule has 0 saturated carbocycles. The molecule has 2 aromatic rings. The molecule has 3 heteroatoms. The van der Waals surface area contributed by atoms with Crippen molar-refractivity contribution in [1.29, 1.82) is 0 Å². The van der Waals surface area contributed by atoms with Gasteiger partial charge in [-0.25, -0.2) is 0 Å². The maximum absolute atomic E-state index is 6.12. The predicted octanol–water partition coefficient (Wildman–Crippen LogP) is 4.38. The second-order valence-corrected chi connectivity index (χ2v) is 5.07. The molecule has 0 fully saturated rings. The third kappa shape index (κ3) is 2.52. The number of hydrogen-bond acceptors (Lipinski definition) is 2. The Morgan fingerprint density at radius 1 is 1.12 bits per heavy atom. The third-order valence-electron chi connectivity index (χ3n) is 2.21. The summed E-state index contributed by atoms with van der Waals surface area (Å²) in [5, 5.41) is 0.700. The summed E-state index contributed by atoms with van der Waals surface area (Å²) in [5.74, 6) is 0. The van der Waals surface area contributed by atoms with Crippen LogP contribution in [0.5, 0.6) is 0 Å². The van der Waals surface area contributed by atoms with E-state index >= 15 is 0 Å². The first-order valence-electron chi connectivity index (χ1n) is 4.95. The van der Waals surface area contributed by atoms with Crippen LogP contribution in [-0.4, -0.2) is 0 Å². The Morgan fingerprint density at radius 2 is 1.88 bits per heavy atom. The lowest BCUT2D eigenvalue weighted by Crippen LogP contribution is -1.88. The second kappa shape index (κ2) is 4.81. The average molecular weight is 250 g/mol. The number of nitrogens with two attached hydrogens (primary N) is 1. The SMILES string of the molecule is Cc1cccc(Sc2c(N)cccc2Cl)c1. The average Bonchev–Trinajstić information content (AvgIpc) is 2.24. The summed E-state index contributed by atoms with van der Waals surface area (Å²) in [6.07, 6.45) is 0. The molecular formula is C13H12ClNS. The standard InChI is InChI=1S/C13H12ClNS/c1-9-4-2-5-10(8-9)16-13-11(14)6-3-7-12(13)15/h2-8H,15H2,1H3. The lowest BCUT2D eigenvalue weighted by Gasteiger charge is -2.07. The van der Waals surface area contributed by atoms with Crippen LogP contribution in [0.15, 0.2) is 52.3 Å². The molecular weight excluding hydrogens is 238 g/mol. The van der Waals surface area contributed by atoms with Gasteiger partial charge in [0.1, 0.15) is 0 Å². The molecule has 0 amide bonds. The Kier molecular flexibility index (Phi) is 3.42. The molecule has 0 heterocycles. The highest BCUT2D eigenvalue weighted by Gasteiger charge is 2.06. The van der Waals surface area contributed by atoms with Crippen LogP contribution >= 0.6 is 23.4 Å². The van der Waals surface area contributed by atoms with Crippen molar-refractivity contribution in [2.24, 2.45) is 0 Å². The molecule has 0 aliphatic carbocycles. The van der Waals surface area contributed by atoms with Gasteiger partial charge in [0.25, 0.3) is 0 Å². The molecule has 0 bridgehead atoms. The molecule has 0 spiro atoms. The molecule has 16 heavy (non-hydrogen) atoms. The van der Waals surface area contributed by atoms with Gasteiger partial charge in [-0.15, -0.1) is 0 Å². The van der Waals surface area contributed by atoms with E-state index in [0.717, 1.165) is 15.5 Å². The van der Waals surface area contributed by atoms with E-state index in [1.807, 2.05) is 24.3 Å². The number of aryl methyl sites for hydroxylation is 1. The molecule has 0 unspecified atom stereocenters. The summed E-state index contributed by atoms with van der Waals surface area (Å²) in [6.45, 7) is 2.07. The minimum absolute atomic E-state index is 0.700. The molecule has 82 valence electrons. The highest BCUT2D eigenvalue weighted by atomic mass is 35.5. The summed E-state index contributed by atoms with van der Waals surface area (Å²) < 4.78 is 0. The van der Waals surface area contributed by atoms with E-state index in [4.69, 9.17) is 17.3 Å². The molecule has 1 nitrogen and oxygen atoms in total. The van der Waals surface area contributed by atoms with E-state index in [1.165, 1.54) is 5.56 Å². The van der Waals surface area contributed by atoms with Gasteiger partial charge in [-0.1, -0.05) is 47.1 Å². The number of halogens is 1. The fraction of sp³-hybridized carbons (Fsp3) is 0.0769. The van der Waals surface area contributed by atoms with Crippen LogP contribution in [0, 0.1) is 6.92 Å². The number of nitrogen functional groups attached to an aromatic ring is 1. The van der Waals surface area contributed by atoms with E-state index < -0.39 is 0 Å². The van der Waals surface area contributed by atoms with Gasteiger partial charge in [-0.3, -0.25) is 0 Å². The zero-order chi connectivity index (χ0) is 11.5. The molecule has 0 saturated heterocycles. The summed E-state index contributed by atoms with van der Waals surface area (Å²) in [6, 6.07) is 13.9. The van der Waals surface area contributed by atoms with Gasteiger partial charge in [0.15, 0.2) is 0 Å². The van der Waals surface area contributed by atoms with Gasteiger partial charge in [0, 0.05) is 10.6 Å². The van der Waals surface area contributed by atoms with Gasteiger partial charge >= 0.3 is 0 Å². The van der Waals surface area contributed by atoms with Crippen LogP contribution in [0.3, 0.4) is 0 Å². The number of rotatable bonds is 2. The van der Waals surface area contributed by atoms with Crippen molar-refractivity contribution < 1.29 is 0 Å². The van der Waals surface area contributed by atoms with Crippen LogP contribution in [0.2, 0.25) is 5.02 Å². The van der Waals surface area contributed by atoms with Crippen LogP contribution in [-0.2, 0) is 0 Å². The second-order valence-electron chi connectivity index (χ2n) is 3.58. The Labute approximate surface area is 105 Å². The Bertz CT molecular complexity index is 491. The minimum atomic E-state index is 0.700. The largest absolute Gasteiger partial charge is 0.398 e. The normalized spacial score (nSPS) is 10.4. The Hall–Kier alpha value is -1.12. The van der Waals surface area contributed by atoms with Gasteiger partial charge < -0.3 is 5.73 Å². The van der Waals surface area contributed by atoms with Gasteiger partial charge in [0.05, 0.1) is 9.92 Å². The molecule has 2 rings (SSSR count). The fourth-order valence-corrected chi connectivity index (χ4v) is 2.71. The summed E-state index contributed by atoms with van der Waals surface area (Å²) in [7, 11) is 0. The van der Waals surface area contributed by atoms with Crippen molar-refractivity contribution in [3.63, 3.8) is 0 Å². The summed E-state index contributed by atoms with van der Waals surface area (Å²) >= 11 is 7.72. The Morgan fingerprint density at radius 3 is 2.56 bits per heavy atom. The summed E-state index contributed by atoms with van der Waals surface area (Å²) in [4.78, 5) is 2.08. The van der Waals surface area contributed by atoms with E-state index in [0.29, 0.717) is 5.02 Å². The van der Waals surface area contributed by atoms with Crippen molar-refractivity contribution >= 4 is 29.1 Å². The van der Waals surface area contributed by atoms with Crippen LogP contribution in [0.1, 0.15) is 5.56 Å². The fourth-order valence-electron chi connectivity index (χ4n) is 1.43. The first-order chi connectivity index (χ1) is 7.66. The van der Waals surface area contributed by atoms with Crippen molar-refractivity contribution in [1.82, 2.24) is 0 Å². The van der Waals surface area contributed by atoms with Crippen molar-refractivity contribution in [2.45, 2.75) is 16.7 Å². The monoisotopic (exact) mass is 249 g/mol. The van der Waals surface area contributed by atoms with Crippen molar-refractivity contribution in [3.05, 3.63) is 53.1 Å². The molecule has 0 aliphatic heterocycles. The van der Waals surface area contributed by atoms with Crippen LogP contribution < -0.4 is 5.73 Å². The van der Waals surface area contributed by atoms with Gasteiger partial charge in [-0.2, -0.15) is 0 Å². The van der Waals surface area contributed by atoms with Crippen molar-refractivity contribution in [2.75, 3.05) is 5.73 Å². The molecule has 0 aromatic heterocycles. The molecule has 0 radical (unpaired) electrons. The topological polar surface area (TPSA) is 26.0 Å². The molecule has 0 aliphatic rings. The van der Waals surface area contributed by atoms with Gasteiger partial charge in [-0.05, 0) is 31.2 Å². The van der Waals surface area contributed by atoms with Gasteiger partial charge in [0.2, 0.25) is 0 Å². The number of anilines is 1.